The second-order valence-electron chi connectivity index (χ2n) is 5.32. The van der Waals surface area contributed by atoms with Gasteiger partial charge in [0.05, 0.1) is 6.10 Å². The third kappa shape index (κ3) is 5.80. The van der Waals surface area contributed by atoms with Gasteiger partial charge in [-0.05, 0) is 59.5 Å². The van der Waals surface area contributed by atoms with Gasteiger partial charge in [0.15, 0.2) is 0 Å². The van der Waals surface area contributed by atoms with Gasteiger partial charge in [-0.3, -0.25) is 0 Å². The van der Waals surface area contributed by atoms with E-state index in [-0.39, 0.29) is 6.10 Å². The van der Waals surface area contributed by atoms with Gasteiger partial charge in [0.25, 0.3) is 0 Å². The van der Waals surface area contributed by atoms with Crippen molar-refractivity contribution < 1.29 is 5.11 Å². The lowest BCUT2D eigenvalue weighted by Gasteiger charge is -2.29. The van der Waals surface area contributed by atoms with Crippen LogP contribution in [0.5, 0.6) is 0 Å². The molecule has 1 heterocycles. The lowest BCUT2D eigenvalue weighted by atomic mass is 9.97. The Morgan fingerprint density at radius 1 is 1.38 bits per heavy atom. The normalized spacial score (nSPS) is 21.6. The maximum atomic E-state index is 9.68. The number of hydrogen-bond acceptors (Lipinski definition) is 4. The first-order chi connectivity index (χ1) is 7.58. The third-order valence-corrected chi connectivity index (χ3v) is 3.23. The van der Waals surface area contributed by atoms with Gasteiger partial charge in [-0.2, -0.15) is 0 Å². The first kappa shape index (κ1) is 13.9. The second-order valence-corrected chi connectivity index (χ2v) is 5.32. The summed E-state index contributed by atoms with van der Waals surface area (Å²) >= 11 is 0. The van der Waals surface area contributed by atoms with Crippen molar-refractivity contribution in [3.05, 3.63) is 0 Å². The molecule has 4 nitrogen and oxygen atoms in total. The summed E-state index contributed by atoms with van der Waals surface area (Å²) in [4.78, 5) is 4.40. The molecule has 2 N–H and O–H groups in total. The molecule has 1 rings (SSSR count). The van der Waals surface area contributed by atoms with Crippen molar-refractivity contribution in [1.82, 2.24) is 15.1 Å². The number of nitrogens with zero attached hydrogens (tertiary/aromatic N) is 2. The number of piperidine rings is 1. The summed E-state index contributed by atoms with van der Waals surface area (Å²) in [5, 5.41) is 13.1. The second kappa shape index (κ2) is 7.22. The Labute approximate surface area is 99.6 Å². The molecule has 1 aliphatic heterocycles. The SMILES string of the molecule is CN(C)CC(O)CNCC1CCN(C)CC1. The molecule has 0 aromatic carbocycles. The van der Waals surface area contributed by atoms with E-state index < -0.39 is 0 Å². The van der Waals surface area contributed by atoms with Crippen molar-refractivity contribution in [1.29, 1.82) is 0 Å². The molecule has 0 aromatic heterocycles. The van der Waals surface area contributed by atoms with Gasteiger partial charge in [0.2, 0.25) is 0 Å². The smallest absolute Gasteiger partial charge is 0.0791 e. The molecular formula is C12H27N3O. The first-order valence-electron chi connectivity index (χ1n) is 6.30. The van der Waals surface area contributed by atoms with Crippen molar-refractivity contribution in [2.24, 2.45) is 5.92 Å². The Kier molecular flexibility index (Phi) is 6.28. The van der Waals surface area contributed by atoms with E-state index in [9.17, 15) is 5.11 Å². The summed E-state index contributed by atoms with van der Waals surface area (Å²) in [6.45, 7) is 4.93. The van der Waals surface area contributed by atoms with Gasteiger partial charge in [-0.1, -0.05) is 0 Å². The topological polar surface area (TPSA) is 38.7 Å². The van der Waals surface area contributed by atoms with Crippen LogP contribution in [0.1, 0.15) is 12.8 Å². The molecule has 0 radical (unpaired) electrons. The van der Waals surface area contributed by atoms with Crippen molar-refractivity contribution in [3.63, 3.8) is 0 Å². The minimum atomic E-state index is -0.249. The quantitative estimate of drug-likeness (QED) is 0.664. The maximum Gasteiger partial charge on any atom is 0.0791 e. The summed E-state index contributed by atoms with van der Waals surface area (Å²) in [5.74, 6) is 0.794. The summed E-state index contributed by atoms with van der Waals surface area (Å²) in [7, 11) is 6.16. The summed E-state index contributed by atoms with van der Waals surface area (Å²) < 4.78 is 0. The van der Waals surface area contributed by atoms with Crippen LogP contribution in [0.3, 0.4) is 0 Å². The van der Waals surface area contributed by atoms with Gasteiger partial charge in [0.1, 0.15) is 0 Å². The molecule has 0 aliphatic carbocycles. The zero-order valence-corrected chi connectivity index (χ0v) is 10.9. The molecule has 1 saturated heterocycles. The fraction of sp³-hybridized carbons (Fsp3) is 1.00. The Balaban J connectivity index is 2.02. The van der Waals surface area contributed by atoms with E-state index in [4.69, 9.17) is 0 Å². The molecule has 0 saturated carbocycles. The molecule has 1 fully saturated rings. The largest absolute Gasteiger partial charge is 0.390 e. The molecule has 96 valence electrons. The van der Waals surface area contributed by atoms with E-state index in [0.717, 1.165) is 19.0 Å². The average Bonchev–Trinajstić information content (AvgIpc) is 2.20. The molecule has 1 atom stereocenters. The average molecular weight is 229 g/mol. The van der Waals surface area contributed by atoms with Crippen LogP contribution in [0.2, 0.25) is 0 Å². The highest BCUT2D eigenvalue weighted by atomic mass is 16.3. The standard InChI is InChI=1S/C12H27N3O/c1-14(2)10-12(16)9-13-8-11-4-6-15(3)7-5-11/h11-13,16H,4-10H2,1-3H3. The number of hydrogen-bond donors (Lipinski definition) is 2. The lowest BCUT2D eigenvalue weighted by Crippen LogP contribution is -2.39. The van der Waals surface area contributed by atoms with Gasteiger partial charge in [0, 0.05) is 13.1 Å². The van der Waals surface area contributed by atoms with Crippen molar-refractivity contribution in [2.45, 2.75) is 18.9 Å². The minimum Gasteiger partial charge on any atom is -0.390 e. The number of rotatable bonds is 6. The zero-order chi connectivity index (χ0) is 12.0. The fourth-order valence-electron chi connectivity index (χ4n) is 2.21. The third-order valence-electron chi connectivity index (χ3n) is 3.23. The Morgan fingerprint density at radius 3 is 2.56 bits per heavy atom. The number of likely N-dealkylation sites (tertiary alicyclic amines) is 1. The fourth-order valence-corrected chi connectivity index (χ4v) is 2.21. The molecule has 0 aromatic rings. The van der Waals surface area contributed by atoms with E-state index in [1.54, 1.807) is 0 Å². The monoisotopic (exact) mass is 229 g/mol. The minimum absolute atomic E-state index is 0.249. The summed E-state index contributed by atoms with van der Waals surface area (Å²) in [6.07, 6.45) is 2.32. The van der Waals surface area contributed by atoms with Crippen molar-refractivity contribution >= 4 is 0 Å². The lowest BCUT2D eigenvalue weighted by molar-refractivity contribution is 0.131. The number of likely N-dealkylation sites (N-methyl/N-ethyl adjacent to an activating group) is 1. The summed E-state index contributed by atoms with van der Waals surface area (Å²) in [5.41, 5.74) is 0. The van der Waals surface area contributed by atoms with Crippen LogP contribution in [-0.2, 0) is 0 Å². The van der Waals surface area contributed by atoms with Crippen LogP contribution < -0.4 is 5.32 Å². The van der Waals surface area contributed by atoms with Gasteiger partial charge in [-0.15, -0.1) is 0 Å². The van der Waals surface area contributed by atoms with E-state index in [1.165, 1.54) is 25.9 Å². The number of aliphatic hydroxyl groups excluding tert-OH is 1. The highest BCUT2D eigenvalue weighted by Gasteiger charge is 2.16. The summed E-state index contributed by atoms with van der Waals surface area (Å²) in [6, 6.07) is 0. The maximum absolute atomic E-state index is 9.68. The number of nitrogens with one attached hydrogen (secondary N) is 1. The number of aliphatic hydroxyl groups is 1. The van der Waals surface area contributed by atoms with Crippen LogP contribution in [0.25, 0.3) is 0 Å². The van der Waals surface area contributed by atoms with Crippen LogP contribution in [0.15, 0.2) is 0 Å². The Hall–Kier alpha value is -0.160. The molecule has 1 unspecified atom stereocenters. The molecular weight excluding hydrogens is 202 g/mol. The molecule has 0 bridgehead atoms. The van der Waals surface area contributed by atoms with Gasteiger partial charge >= 0.3 is 0 Å². The zero-order valence-electron chi connectivity index (χ0n) is 10.9. The highest BCUT2D eigenvalue weighted by molar-refractivity contribution is 4.72. The van der Waals surface area contributed by atoms with E-state index in [2.05, 4.69) is 17.3 Å². The predicted molar refractivity (Wildman–Crippen MR) is 67.7 cm³/mol. The van der Waals surface area contributed by atoms with Crippen LogP contribution in [0, 0.1) is 5.92 Å². The predicted octanol–water partition coefficient (Wildman–Crippen LogP) is -0.160. The van der Waals surface area contributed by atoms with E-state index in [1.807, 2.05) is 19.0 Å². The van der Waals surface area contributed by atoms with E-state index >= 15 is 0 Å². The van der Waals surface area contributed by atoms with Crippen molar-refractivity contribution in [3.8, 4) is 0 Å². The van der Waals surface area contributed by atoms with E-state index in [0.29, 0.717) is 6.54 Å². The van der Waals surface area contributed by atoms with Crippen molar-refractivity contribution in [2.75, 3.05) is 53.9 Å². The molecule has 4 heteroatoms. The Bertz CT molecular complexity index is 179. The van der Waals surface area contributed by atoms with Gasteiger partial charge < -0.3 is 20.2 Å². The Morgan fingerprint density at radius 2 is 2.00 bits per heavy atom. The van der Waals surface area contributed by atoms with Crippen LogP contribution >= 0.6 is 0 Å². The molecule has 0 amide bonds. The molecule has 16 heavy (non-hydrogen) atoms. The van der Waals surface area contributed by atoms with Crippen LogP contribution in [0.4, 0.5) is 0 Å². The highest BCUT2D eigenvalue weighted by Crippen LogP contribution is 2.14. The van der Waals surface area contributed by atoms with Gasteiger partial charge in [-0.25, -0.2) is 0 Å². The molecule has 1 aliphatic rings. The van der Waals surface area contributed by atoms with Crippen LogP contribution in [-0.4, -0.2) is 74.9 Å². The first-order valence-corrected chi connectivity index (χ1v) is 6.30. The molecule has 0 spiro atoms.